The predicted molar refractivity (Wildman–Crippen MR) is 118 cm³/mol. The molecule has 1 saturated heterocycles. The molecular weight excluding hydrogens is 376 g/mol. The fraction of sp³-hybridized carbons (Fsp3) is 0.208. The maximum atomic E-state index is 12.5. The summed E-state index contributed by atoms with van der Waals surface area (Å²) in [6.45, 7) is 1.25. The lowest BCUT2D eigenvalue weighted by atomic mass is 10.1. The molecule has 3 heterocycles. The molecule has 1 unspecified atom stereocenters. The molecule has 2 N–H and O–H groups in total. The van der Waals surface area contributed by atoms with Crippen LogP contribution in [0.25, 0.3) is 11.1 Å². The Kier molecular flexibility index (Phi) is 6.03. The summed E-state index contributed by atoms with van der Waals surface area (Å²) in [6, 6.07) is 15.7. The summed E-state index contributed by atoms with van der Waals surface area (Å²) in [5, 5.41) is 3.31. The van der Waals surface area contributed by atoms with Crippen molar-refractivity contribution < 1.29 is 4.79 Å². The highest BCUT2D eigenvalue weighted by Gasteiger charge is 2.25. The van der Waals surface area contributed by atoms with Gasteiger partial charge in [0, 0.05) is 43.3 Å². The van der Waals surface area contributed by atoms with E-state index in [1.54, 1.807) is 24.7 Å². The number of carbonyl (C=O) groups excluding carboxylic acids is 1. The number of amides is 1. The van der Waals surface area contributed by atoms with Crippen molar-refractivity contribution in [1.82, 2.24) is 14.9 Å². The lowest BCUT2D eigenvalue weighted by Crippen LogP contribution is -2.31. The standard InChI is InChI=1S/C24H24N4O2/c29-23(8-4-7-18-5-2-1-3-6-18)28-14-11-21(17-28)27-22-15-20(16-26-24(22)30)19-9-12-25-13-10-19/h1-6,8-10,12-13,15-16,21,27H,7,11,14,17H2,(H,26,30)/b8-4+. The molecule has 1 atom stereocenters. The number of aromatic nitrogens is 2. The average Bonchev–Trinajstić information content (AvgIpc) is 3.25. The molecule has 6 heteroatoms. The van der Waals surface area contributed by atoms with Gasteiger partial charge in [0.15, 0.2) is 0 Å². The van der Waals surface area contributed by atoms with Crippen LogP contribution in [-0.2, 0) is 11.2 Å². The van der Waals surface area contributed by atoms with E-state index in [0.717, 1.165) is 24.0 Å². The van der Waals surface area contributed by atoms with Crippen molar-refractivity contribution in [3.05, 3.63) is 95.2 Å². The van der Waals surface area contributed by atoms with Crippen molar-refractivity contribution in [2.75, 3.05) is 18.4 Å². The predicted octanol–water partition coefficient (Wildman–Crippen LogP) is 3.25. The van der Waals surface area contributed by atoms with Crippen molar-refractivity contribution >= 4 is 11.6 Å². The molecule has 1 amide bonds. The molecule has 1 aliphatic heterocycles. The molecule has 2 aromatic heterocycles. The van der Waals surface area contributed by atoms with E-state index in [0.29, 0.717) is 18.8 Å². The zero-order valence-corrected chi connectivity index (χ0v) is 16.6. The van der Waals surface area contributed by atoms with Crippen molar-refractivity contribution in [2.24, 2.45) is 0 Å². The number of anilines is 1. The van der Waals surface area contributed by atoms with Crippen LogP contribution in [0.1, 0.15) is 12.0 Å². The van der Waals surface area contributed by atoms with Gasteiger partial charge in [-0.3, -0.25) is 14.6 Å². The number of hydrogen-bond donors (Lipinski definition) is 2. The Morgan fingerprint density at radius 2 is 1.97 bits per heavy atom. The van der Waals surface area contributed by atoms with Gasteiger partial charge in [-0.15, -0.1) is 0 Å². The first-order valence-corrected chi connectivity index (χ1v) is 10.1. The van der Waals surface area contributed by atoms with E-state index in [9.17, 15) is 9.59 Å². The number of benzene rings is 1. The van der Waals surface area contributed by atoms with E-state index in [4.69, 9.17) is 0 Å². The highest BCUT2D eigenvalue weighted by molar-refractivity contribution is 5.88. The lowest BCUT2D eigenvalue weighted by molar-refractivity contribution is -0.125. The van der Waals surface area contributed by atoms with E-state index in [2.05, 4.69) is 15.3 Å². The average molecular weight is 400 g/mol. The Morgan fingerprint density at radius 1 is 1.17 bits per heavy atom. The number of H-pyrrole nitrogens is 1. The van der Waals surface area contributed by atoms with E-state index in [1.165, 1.54) is 5.56 Å². The molecule has 0 aliphatic carbocycles. The minimum Gasteiger partial charge on any atom is -0.376 e. The third-order valence-electron chi connectivity index (χ3n) is 5.23. The van der Waals surface area contributed by atoms with Gasteiger partial charge in [0.05, 0.1) is 0 Å². The van der Waals surface area contributed by atoms with Gasteiger partial charge in [-0.1, -0.05) is 36.4 Å². The van der Waals surface area contributed by atoms with Gasteiger partial charge >= 0.3 is 0 Å². The van der Waals surface area contributed by atoms with Crippen LogP contribution in [0.4, 0.5) is 5.69 Å². The van der Waals surface area contributed by atoms with E-state index < -0.39 is 0 Å². The quantitative estimate of drug-likeness (QED) is 0.623. The van der Waals surface area contributed by atoms with Gasteiger partial charge in [0.25, 0.3) is 5.56 Å². The topological polar surface area (TPSA) is 78.1 Å². The minimum absolute atomic E-state index is 0.00896. The summed E-state index contributed by atoms with van der Waals surface area (Å²) in [4.78, 5) is 33.4. The van der Waals surface area contributed by atoms with Crippen LogP contribution >= 0.6 is 0 Å². The molecular formula is C24H24N4O2. The summed E-state index contributed by atoms with van der Waals surface area (Å²) in [6.07, 6.45) is 10.2. The van der Waals surface area contributed by atoms with Crippen LogP contribution in [0.3, 0.4) is 0 Å². The Hall–Kier alpha value is -3.67. The van der Waals surface area contributed by atoms with Crippen molar-refractivity contribution in [1.29, 1.82) is 0 Å². The molecule has 1 fully saturated rings. The summed E-state index contributed by atoms with van der Waals surface area (Å²) < 4.78 is 0. The van der Waals surface area contributed by atoms with E-state index in [1.807, 2.05) is 59.5 Å². The molecule has 1 aromatic carbocycles. The molecule has 0 radical (unpaired) electrons. The second kappa shape index (κ2) is 9.22. The van der Waals surface area contributed by atoms with E-state index >= 15 is 0 Å². The molecule has 152 valence electrons. The number of pyridine rings is 2. The van der Waals surface area contributed by atoms with Gasteiger partial charge in [-0.2, -0.15) is 0 Å². The summed E-state index contributed by atoms with van der Waals surface area (Å²) >= 11 is 0. The largest absolute Gasteiger partial charge is 0.376 e. The molecule has 1 aliphatic rings. The van der Waals surface area contributed by atoms with Gasteiger partial charge in [-0.25, -0.2) is 0 Å². The number of nitrogens with one attached hydrogen (secondary N) is 2. The van der Waals surface area contributed by atoms with Crippen LogP contribution in [0, 0.1) is 0 Å². The summed E-state index contributed by atoms with van der Waals surface area (Å²) in [5.74, 6) is 0.00896. The molecule has 0 bridgehead atoms. The van der Waals surface area contributed by atoms with Crippen LogP contribution in [-0.4, -0.2) is 39.9 Å². The molecule has 0 saturated carbocycles. The highest BCUT2D eigenvalue weighted by Crippen LogP contribution is 2.20. The van der Waals surface area contributed by atoms with Gasteiger partial charge in [0.2, 0.25) is 5.91 Å². The first-order chi connectivity index (χ1) is 14.7. The number of hydrogen-bond acceptors (Lipinski definition) is 4. The van der Waals surface area contributed by atoms with Gasteiger partial charge < -0.3 is 15.2 Å². The first-order valence-electron chi connectivity index (χ1n) is 10.1. The maximum absolute atomic E-state index is 12.5. The lowest BCUT2D eigenvalue weighted by Gasteiger charge is -2.16. The highest BCUT2D eigenvalue weighted by atomic mass is 16.2. The monoisotopic (exact) mass is 400 g/mol. The third kappa shape index (κ3) is 4.84. The third-order valence-corrected chi connectivity index (χ3v) is 5.23. The summed E-state index contributed by atoms with van der Waals surface area (Å²) in [7, 11) is 0. The maximum Gasteiger partial charge on any atom is 0.271 e. The second-order valence-electron chi connectivity index (χ2n) is 7.37. The SMILES string of the molecule is O=C(/C=C/Cc1ccccc1)N1CCC(Nc2cc(-c3ccncc3)c[nH]c2=O)C1. The molecule has 4 rings (SSSR count). The zero-order valence-electron chi connectivity index (χ0n) is 16.6. The Labute approximate surface area is 175 Å². The Bertz CT molecular complexity index is 1080. The van der Waals surface area contributed by atoms with Crippen LogP contribution in [0.2, 0.25) is 0 Å². The van der Waals surface area contributed by atoms with Crippen LogP contribution < -0.4 is 10.9 Å². The van der Waals surface area contributed by atoms with Crippen molar-refractivity contribution in [2.45, 2.75) is 18.9 Å². The summed E-state index contributed by atoms with van der Waals surface area (Å²) in [5.41, 5.74) is 3.42. The Balaban J connectivity index is 1.36. The molecule has 0 spiro atoms. The number of allylic oxidation sites excluding steroid dienone is 1. The fourth-order valence-electron chi connectivity index (χ4n) is 3.62. The first kappa shape index (κ1) is 19.6. The van der Waals surface area contributed by atoms with Crippen LogP contribution in [0.15, 0.2) is 84.1 Å². The molecule has 3 aromatic rings. The molecule has 6 nitrogen and oxygen atoms in total. The molecule has 30 heavy (non-hydrogen) atoms. The fourth-order valence-corrected chi connectivity index (χ4v) is 3.62. The number of rotatable bonds is 6. The van der Waals surface area contributed by atoms with E-state index in [-0.39, 0.29) is 17.5 Å². The smallest absolute Gasteiger partial charge is 0.271 e. The Morgan fingerprint density at radius 3 is 2.77 bits per heavy atom. The minimum atomic E-state index is -0.166. The van der Waals surface area contributed by atoms with Crippen molar-refractivity contribution in [3.63, 3.8) is 0 Å². The van der Waals surface area contributed by atoms with Crippen molar-refractivity contribution in [3.8, 4) is 11.1 Å². The van der Waals surface area contributed by atoms with Crippen LogP contribution in [0.5, 0.6) is 0 Å². The zero-order chi connectivity index (χ0) is 20.8. The normalized spacial score (nSPS) is 16.1. The number of likely N-dealkylation sites (tertiary alicyclic amines) is 1. The number of nitrogens with zero attached hydrogens (tertiary/aromatic N) is 2. The number of carbonyl (C=O) groups is 1. The number of aromatic amines is 1. The second-order valence-corrected chi connectivity index (χ2v) is 7.37. The van der Waals surface area contributed by atoms with Gasteiger partial charge in [0.1, 0.15) is 5.69 Å². The van der Waals surface area contributed by atoms with Gasteiger partial charge in [-0.05, 0) is 48.2 Å².